The summed E-state index contributed by atoms with van der Waals surface area (Å²) in [6.07, 6.45) is 2.79. The van der Waals surface area contributed by atoms with Crippen molar-refractivity contribution in [1.29, 1.82) is 0 Å². The maximum Gasteiger partial charge on any atom is 0.0896 e. The maximum atomic E-state index is 9.56. The van der Waals surface area contributed by atoms with Gasteiger partial charge in [-0.2, -0.15) is 0 Å². The first-order chi connectivity index (χ1) is 8.20. The quantitative estimate of drug-likeness (QED) is 0.900. The SMILES string of the molecule is Cc1ncc(CC(CO)c2ccccc2C)s1. The van der Waals surface area contributed by atoms with E-state index in [1.54, 1.807) is 11.3 Å². The molecular weight excluding hydrogens is 230 g/mol. The summed E-state index contributed by atoms with van der Waals surface area (Å²) in [6, 6.07) is 8.26. The second kappa shape index (κ2) is 5.43. The normalized spacial score (nSPS) is 12.6. The van der Waals surface area contributed by atoms with Crippen LogP contribution in [0.25, 0.3) is 0 Å². The van der Waals surface area contributed by atoms with Gasteiger partial charge in [-0.25, -0.2) is 4.98 Å². The molecule has 0 aliphatic carbocycles. The predicted molar refractivity (Wildman–Crippen MR) is 71.6 cm³/mol. The van der Waals surface area contributed by atoms with Crippen molar-refractivity contribution in [2.24, 2.45) is 0 Å². The van der Waals surface area contributed by atoms with Crippen LogP contribution < -0.4 is 0 Å². The van der Waals surface area contributed by atoms with E-state index in [-0.39, 0.29) is 12.5 Å². The molecular formula is C14H17NOS. The molecule has 1 atom stereocenters. The molecule has 2 nitrogen and oxygen atoms in total. The molecule has 2 aromatic rings. The lowest BCUT2D eigenvalue weighted by atomic mass is 9.92. The first kappa shape index (κ1) is 12.3. The van der Waals surface area contributed by atoms with Crippen molar-refractivity contribution in [2.75, 3.05) is 6.61 Å². The third-order valence-corrected chi connectivity index (χ3v) is 3.90. The van der Waals surface area contributed by atoms with Gasteiger partial charge in [-0.1, -0.05) is 24.3 Å². The average Bonchev–Trinajstić information content (AvgIpc) is 2.73. The summed E-state index contributed by atoms with van der Waals surface area (Å²) in [4.78, 5) is 5.50. The molecule has 1 heterocycles. The van der Waals surface area contributed by atoms with Gasteiger partial charge >= 0.3 is 0 Å². The first-order valence-corrected chi connectivity index (χ1v) is 6.60. The van der Waals surface area contributed by atoms with Crippen molar-refractivity contribution in [3.8, 4) is 0 Å². The minimum absolute atomic E-state index is 0.177. The number of hydrogen-bond acceptors (Lipinski definition) is 3. The minimum Gasteiger partial charge on any atom is -0.396 e. The van der Waals surface area contributed by atoms with Crippen LogP contribution in [0.1, 0.15) is 26.9 Å². The lowest BCUT2D eigenvalue weighted by molar-refractivity contribution is 0.264. The third kappa shape index (κ3) is 2.93. The molecule has 1 unspecified atom stereocenters. The number of hydrogen-bond donors (Lipinski definition) is 1. The molecule has 0 saturated carbocycles. The van der Waals surface area contributed by atoms with Crippen molar-refractivity contribution in [1.82, 2.24) is 4.98 Å². The van der Waals surface area contributed by atoms with Crippen LogP contribution in [-0.2, 0) is 6.42 Å². The van der Waals surface area contributed by atoms with E-state index in [0.29, 0.717) is 0 Å². The Balaban J connectivity index is 2.20. The number of benzene rings is 1. The molecule has 0 aliphatic rings. The number of nitrogens with zero attached hydrogens (tertiary/aromatic N) is 1. The van der Waals surface area contributed by atoms with Crippen LogP contribution >= 0.6 is 11.3 Å². The molecule has 0 fully saturated rings. The van der Waals surface area contributed by atoms with E-state index in [1.807, 2.05) is 25.3 Å². The van der Waals surface area contributed by atoms with Gasteiger partial charge in [0.15, 0.2) is 0 Å². The van der Waals surface area contributed by atoms with Crippen LogP contribution in [0.5, 0.6) is 0 Å². The Hall–Kier alpha value is -1.19. The summed E-state index contributed by atoms with van der Waals surface area (Å²) < 4.78 is 0. The van der Waals surface area contributed by atoms with Crippen molar-refractivity contribution in [2.45, 2.75) is 26.2 Å². The summed E-state index contributed by atoms with van der Waals surface area (Å²) in [5.41, 5.74) is 2.48. The van der Waals surface area contributed by atoms with E-state index in [0.717, 1.165) is 11.4 Å². The highest BCUT2D eigenvalue weighted by Crippen LogP contribution is 2.25. The van der Waals surface area contributed by atoms with Gasteiger partial charge in [0.2, 0.25) is 0 Å². The van der Waals surface area contributed by atoms with Crippen LogP contribution in [0, 0.1) is 13.8 Å². The van der Waals surface area contributed by atoms with E-state index in [9.17, 15) is 5.11 Å². The molecule has 1 aromatic heterocycles. The zero-order valence-electron chi connectivity index (χ0n) is 10.2. The zero-order chi connectivity index (χ0) is 12.3. The fraction of sp³-hybridized carbons (Fsp3) is 0.357. The van der Waals surface area contributed by atoms with Crippen LogP contribution in [0.2, 0.25) is 0 Å². The fourth-order valence-electron chi connectivity index (χ4n) is 2.06. The van der Waals surface area contributed by atoms with Crippen LogP contribution in [-0.4, -0.2) is 16.7 Å². The van der Waals surface area contributed by atoms with Gasteiger partial charge in [-0.05, 0) is 31.4 Å². The van der Waals surface area contributed by atoms with E-state index in [4.69, 9.17) is 0 Å². The lowest BCUT2D eigenvalue weighted by Gasteiger charge is -2.15. The molecule has 0 amide bonds. The second-order valence-corrected chi connectivity index (χ2v) is 5.61. The Kier molecular flexibility index (Phi) is 3.92. The molecule has 0 bridgehead atoms. The molecule has 17 heavy (non-hydrogen) atoms. The van der Waals surface area contributed by atoms with Gasteiger partial charge in [0.1, 0.15) is 0 Å². The molecule has 0 radical (unpaired) electrons. The van der Waals surface area contributed by atoms with Gasteiger partial charge in [0.05, 0.1) is 11.6 Å². The molecule has 0 saturated heterocycles. The Labute approximate surface area is 106 Å². The molecule has 3 heteroatoms. The Morgan fingerprint density at radius 2 is 2.06 bits per heavy atom. The van der Waals surface area contributed by atoms with Crippen LogP contribution in [0.3, 0.4) is 0 Å². The number of aromatic nitrogens is 1. The second-order valence-electron chi connectivity index (χ2n) is 4.29. The summed E-state index contributed by atoms with van der Waals surface area (Å²) in [5, 5.41) is 10.6. The number of thiazole rings is 1. The summed E-state index contributed by atoms with van der Waals surface area (Å²) in [6.45, 7) is 4.29. The number of aliphatic hydroxyl groups is 1. The highest BCUT2D eigenvalue weighted by molar-refractivity contribution is 7.11. The number of rotatable bonds is 4. The topological polar surface area (TPSA) is 33.1 Å². The van der Waals surface area contributed by atoms with E-state index in [1.165, 1.54) is 16.0 Å². The van der Waals surface area contributed by atoms with E-state index in [2.05, 4.69) is 24.0 Å². The smallest absolute Gasteiger partial charge is 0.0896 e. The largest absolute Gasteiger partial charge is 0.396 e. The van der Waals surface area contributed by atoms with Gasteiger partial charge in [-0.15, -0.1) is 11.3 Å². The molecule has 1 aromatic carbocycles. The number of aliphatic hydroxyl groups excluding tert-OH is 1. The van der Waals surface area contributed by atoms with Crippen molar-refractivity contribution in [3.63, 3.8) is 0 Å². The Morgan fingerprint density at radius 3 is 2.65 bits per heavy atom. The standard InChI is InChI=1S/C14H17NOS/c1-10-5-3-4-6-14(10)12(9-16)7-13-8-15-11(2)17-13/h3-6,8,12,16H,7,9H2,1-2H3. The van der Waals surface area contributed by atoms with E-state index >= 15 is 0 Å². The van der Waals surface area contributed by atoms with Gasteiger partial charge in [0.25, 0.3) is 0 Å². The Morgan fingerprint density at radius 1 is 1.29 bits per heavy atom. The number of aryl methyl sites for hydroxylation is 2. The highest BCUT2D eigenvalue weighted by Gasteiger charge is 2.14. The van der Waals surface area contributed by atoms with Crippen LogP contribution in [0.4, 0.5) is 0 Å². The van der Waals surface area contributed by atoms with E-state index < -0.39 is 0 Å². The molecule has 1 N–H and O–H groups in total. The molecule has 90 valence electrons. The molecule has 0 spiro atoms. The van der Waals surface area contributed by atoms with Crippen molar-refractivity contribution < 1.29 is 5.11 Å². The van der Waals surface area contributed by atoms with Crippen molar-refractivity contribution in [3.05, 3.63) is 51.5 Å². The fourth-order valence-corrected chi connectivity index (χ4v) is 2.94. The first-order valence-electron chi connectivity index (χ1n) is 5.78. The monoisotopic (exact) mass is 247 g/mol. The van der Waals surface area contributed by atoms with Gasteiger partial charge in [0, 0.05) is 17.0 Å². The van der Waals surface area contributed by atoms with Crippen LogP contribution in [0.15, 0.2) is 30.5 Å². The maximum absolute atomic E-state index is 9.56. The summed E-state index contributed by atoms with van der Waals surface area (Å²) in [7, 11) is 0. The third-order valence-electron chi connectivity index (χ3n) is 2.97. The predicted octanol–water partition coefficient (Wildman–Crippen LogP) is 3.08. The molecule has 2 rings (SSSR count). The molecule has 0 aliphatic heterocycles. The van der Waals surface area contributed by atoms with Gasteiger partial charge < -0.3 is 5.11 Å². The lowest BCUT2D eigenvalue weighted by Crippen LogP contribution is -2.08. The summed E-state index contributed by atoms with van der Waals surface area (Å²) in [5.74, 6) is 0.177. The Bertz CT molecular complexity index is 492. The van der Waals surface area contributed by atoms with Gasteiger partial charge in [-0.3, -0.25) is 0 Å². The zero-order valence-corrected chi connectivity index (χ0v) is 11.0. The average molecular weight is 247 g/mol. The highest BCUT2D eigenvalue weighted by atomic mass is 32.1. The minimum atomic E-state index is 0.177. The summed E-state index contributed by atoms with van der Waals surface area (Å²) >= 11 is 1.71. The van der Waals surface area contributed by atoms with Crippen molar-refractivity contribution >= 4 is 11.3 Å².